The third-order valence-corrected chi connectivity index (χ3v) is 5.44. The molecule has 1 aromatic rings. The van der Waals surface area contributed by atoms with Crippen LogP contribution >= 0.6 is 45.2 Å². The third-order valence-electron chi connectivity index (χ3n) is 2.85. The van der Waals surface area contributed by atoms with Crippen LogP contribution in [0.1, 0.15) is 39.1 Å². The molecule has 1 aliphatic rings. The molecule has 0 spiro atoms. The molecule has 21 heavy (non-hydrogen) atoms. The lowest BCUT2D eigenvalue weighted by Gasteiger charge is -2.27. The van der Waals surface area contributed by atoms with Crippen molar-refractivity contribution in [2.24, 2.45) is 0 Å². The number of H-pyrrole nitrogens is 1. The first kappa shape index (κ1) is 17.2. The maximum absolute atomic E-state index is 13.7. The normalized spacial score (nSPS) is 21.7. The van der Waals surface area contributed by atoms with Gasteiger partial charge in [0.1, 0.15) is 18.8 Å². The topological polar surface area (TPSA) is 58.2 Å². The number of nitrogens with one attached hydrogen (secondary N) is 1. The number of hydrogen-bond donors (Lipinski definition) is 1. The maximum Gasteiger partial charge on any atom is 0.411 e. The van der Waals surface area contributed by atoms with E-state index in [0.717, 1.165) is 8.60 Å². The smallest absolute Gasteiger partial charge is 0.411 e. The fourth-order valence-corrected chi connectivity index (χ4v) is 2.87. The lowest BCUT2D eigenvalue weighted by atomic mass is 10.2. The Bertz CT molecular complexity index is 538. The van der Waals surface area contributed by atoms with Gasteiger partial charge < -0.3 is 9.72 Å². The quantitative estimate of drug-likeness (QED) is 0.566. The molecule has 118 valence electrons. The van der Waals surface area contributed by atoms with Crippen molar-refractivity contribution in [2.45, 2.75) is 44.8 Å². The van der Waals surface area contributed by atoms with E-state index in [-0.39, 0.29) is 0 Å². The third kappa shape index (κ3) is 4.17. The average molecular weight is 525 g/mol. The van der Waals surface area contributed by atoms with Crippen LogP contribution in [-0.2, 0) is 4.74 Å². The zero-order chi connectivity index (χ0) is 16.0. The molecule has 9 heteroatoms. The Kier molecular flexibility index (Phi) is 4.72. The Morgan fingerprint density at radius 2 is 2.10 bits per heavy atom. The molecule has 1 aliphatic heterocycles. The van der Waals surface area contributed by atoms with Gasteiger partial charge in [0.25, 0.3) is 5.92 Å². The minimum absolute atomic E-state index is 0.367. The van der Waals surface area contributed by atoms with E-state index < -0.39 is 36.6 Å². The SMILES string of the molecule is CC(C)(C)OC(=O)N1CC(F)(F)C[C@H]1c1nc(I)c(I)[nH]1. The van der Waals surface area contributed by atoms with Gasteiger partial charge in [0, 0.05) is 6.42 Å². The summed E-state index contributed by atoms with van der Waals surface area (Å²) in [7, 11) is 0. The first-order chi connectivity index (χ1) is 9.48. The highest BCUT2D eigenvalue weighted by Crippen LogP contribution is 2.41. The van der Waals surface area contributed by atoms with Gasteiger partial charge in [-0.15, -0.1) is 0 Å². The number of likely N-dealkylation sites (tertiary alicyclic amines) is 1. The summed E-state index contributed by atoms with van der Waals surface area (Å²) in [4.78, 5) is 20.4. The van der Waals surface area contributed by atoms with E-state index >= 15 is 0 Å². The van der Waals surface area contributed by atoms with E-state index in [1.54, 1.807) is 20.8 Å². The summed E-state index contributed by atoms with van der Waals surface area (Å²) in [6, 6.07) is -0.799. The predicted octanol–water partition coefficient (Wildman–Crippen LogP) is 3.94. The van der Waals surface area contributed by atoms with Crippen LogP contribution in [0.15, 0.2) is 0 Å². The summed E-state index contributed by atoms with van der Waals surface area (Å²) in [5.41, 5.74) is -0.731. The van der Waals surface area contributed by atoms with Crippen LogP contribution in [-0.4, -0.2) is 39.0 Å². The molecule has 1 N–H and O–H groups in total. The molecule has 2 heterocycles. The molecule has 1 amide bonds. The van der Waals surface area contributed by atoms with Gasteiger partial charge in [-0.1, -0.05) is 0 Å². The van der Waals surface area contributed by atoms with Crippen molar-refractivity contribution < 1.29 is 18.3 Å². The number of aromatic nitrogens is 2. The van der Waals surface area contributed by atoms with Gasteiger partial charge in [-0.2, -0.15) is 0 Å². The summed E-state index contributed by atoms with van der Waals surface area (Å²) in [5, 5.41) is 0. The number of carbonyl (C=O) groups excluding carboxylic acids is 1. The van der Waals surface area contributed by atoms with Gasteiger partial charge in [0.15, 0.2) is 0 Å². The minimum atomic E-state index is -2.94. The number of aromatic amines is 1. The van der Waals surface area contributed by atoms with Gasteiger partial charge in [-0.25, -0.2) is 18.6 Å². The molecule has 0 bridgehead atoms. The zero-order valence-electron chi connectivity index (χ0n) is 11.7. The molecule has 1 aromatic heterocycles. The Morgan fingerprint density at radius 1 is 1.48 bits per heavy atom. The number of nitrogens with zero attached hydrogens (tertiary/aromatic N) is 2. The Labute approximate surface area is 148 Å². The largest absolute Gasteiger partial charge is 0.444 e. The highest BCUT2D eigenvalue weighted by molar-refractivity contribution is 14.1. The van der Waals surface area contributed by atoms with Crippen LogP contribution in [0.2, 0.25) is 0 Å². The molecule has 0 unspecified atom stereocenters. The number of rotatable bonds is 1. The first-order valence-electron chi connectivity index (χ1n) is 6.27. The molecule has 0 radical (unpaired) electrons. The van der Waals surface area contributed by atoms with Gasteiger partial charge in [-0.05, 0) is 66.0 Å². The highest BCUT2D eigenvalue weighted by Gasteiger charge is 2.50. The summed E-state index contributed by atoms with van der Waals surface area (Å²) < 4.78 is 34.1. The lowest BCUT2D eigenvalue weighted by Crippen LogP contribution is -2.38. The summed E-state index contributed by atoms with van der Waals surface area (Å²) in [6.45, 7) is 4.45. The number of alkyl halides is 2. The number of halogens is 4. The first-order valence-corrected chi connectivity index (χ1v) is 8.43. The van der Waals surface area contributed by atoms with E-state index in [2.05, 4.69) is 9.97 Å². The highest BCUT2D eigenvalue weighted by atomic mass is 127. The number of carbonyl (C=O) groups is 1. The number of ether oxygens (including phenoxy) is 1. The zero-order valence-corrected chi connectivity index (χ0v) is 16.0. The van der Waals surface area contributed by atoms with E-state index in [1.165, 1.54) is 0 Å². The van der Waals surface area contributed by atoms with Crippen molar-refractivity contribution in [2.75, 3.05) is 6.54 Å². The van der Waals surface area contributed by atoms with E-state index in [4.69, 9.17) is 4.74 Å². The fourth-order valence-electron chi connectivity index (χ4n) is 2.08. The molecule has 1 atom stereocenters. The van der Waals surface area contributed by atoms with Crippen LogP contribution in [0.3, 0.4) is 0 Å². The van der Waals surface area contributed by atoms with Crippen molar-refractivity contribution >= 4 is 51.3 Å². The van der Waals surface area contributed by atoms with Crippen LogP contribution in [0.25, 0.3) is 0 Å². The maximum atomic E-state index is 13.7. The summed E-state index contributed by atoms with van der Waals surface area (Å²) in [6.07, 6.45) is -1.20. The standard InChI is InChI=1S/C12H15F2I2N3O2/c1-11(2,3)21-10(20)19-5-12(13,14)4-6(19)9-17-7(15)8(16)18-9/h6H,4-5H2,1-3H3,(H,17,18)/t6-/m0/s1. The van der Waals surface area contributed by atoms with Crippen molar-refractivity contribution in [1.29, 1.82) is 0 Å². The van der Waals surface area contributed by atoms with Crippen LogP contribution in [0, 0.1) is 7.40 Å². The summed E-state index contributed by atoms with van der Waals surface area (Å²) >= 11 is 4.05. The van der Waals surface area contributed by atoms with E-state index in [1.807, 2.05) is 45.2 Å². The average Bonchev–Trinajstić information content (AvgIpc) is 2.77. The molecule has 0 aromatic carbocycles. The number of hydrogen-bond acceptors (Lipinski definition) is 3. The fraction of sp³-hybridized carbons (Fsp3) is 0.667. The summed E-state index contributed by atoms with van der Waals surface area (Å²) in [5.74, 6) is -2.57. The molecule has 0 saturated carbocycles. The van der Waals surface area contributed by atoms with Crippen molar-refractivity contribution in [1.82, 2.24) is 14.9 Å². The minimum Gasteiger partial charge on any atom is -0.444 e. The van der Waals surface area contributed by atoms with Gasteiger partial charge in [0.2, 0.25) is 0 Å². The predicted molar refractivity (Wildman–Crippen MR) is 89.3 cm³/mol. The van der Waals surface area contributed by atoms with Crippen molar-refractivity contribution in [3.63, 3.8) is 0 Å². The lowest BCUT2D eigenvalue weighted by molar-refractivity contribution is -0.00248. The number of imidazole rings is 1. The van der Waals surface area contributed by atoms with Crippen molar-refractivity contribution in [3.8, 4) is 0 Å². The molecule has 5 nitrogen and oxygen atoms in total. The van der Waals surface area contributed by atoms with Gasteiger partial charge in [-0.3, -0.25) is 4.90 Å². The molecular formula is C12H15F2I2N3O2. The van der Waals surface area contributed by atoms with E-state index in [9.17, 15) is 13.6 Å². The Morgan fingerprint density at radius 3 is 2.57 bits per heavy atom. The van der Waals surface area contributed by atoms with Gasteiger partial charge in [0.05, 0.1) is 12.6 Å². The molecule has 1 saturated heterocycles. The molecular weight excluding hydrogens is 510 g/mol. The second kappa shape index (κ2) is 5.78. The molecule has 2 rings (SSSR count). The Balaban J connectivity index is 2.27. The van der Waals surface area contributed by atoms with Gasteiger partial charge >= 0.3 is 6.09 Å². The molecule has 1 fully saturated rings. The van der Waals surface area contributed by atoms with Crippen LogP contribution in [0.5, 0.6) is 0 Å². The second-order valence-electron chi connectivity index (χ2n) is 5.91. The monoisotopic (exact) mass is 525 g/mol. The Hall–Kier alpha value is -0.200. The van der Waals surface area contributed by atoms with E-state index in [0.29, 0.717) is 9.53 Å². The molecule has 0 aliphatic carbocycles. The van der Waals surface area contributed by atoms with Crippen LogP contribution < -0.4 is 0 Å². The van der Waals surface area contributed by atoms with Crippen molar-refractivity contribution in [3.05, 3.63) is 13.2 Å². The second-order valence-corrected chi connectivity index (χ2v) is 8.01. The number of amides is 1. The van der Waals surface area contributed by atoms with Crippen LogP contribution in [0.4, 0.5) is 13.6 Å².